The monoisotopic (exact) mass is 444 g/mol. The van der Waals surface area contributed by atoms with Gasteiger partial charge in [-0.25, -0.2) is 0 Å². The SMILES string of the molecule is Cc1cc(-c2ccccc2)cc(C2N=CC(c3cccc4c3sc3ccccc34)=CN2C)c1. The molecule has 0 spiro atoms. The molecule has 4 aromatic carbocycles. The molecule has 1 unspecified atom stereocenters. The summed E-state index contributed by atoms with van der Waals surface area (Å²) in [6.45, 7) is 2.16. The van der Waals surface area contributed by atoms with Crippen LogP contribution in [-0.4, -0.2) is 18.2 Å². The molecule has 33 heavy (non-hydrogen) atoms. The molecule has 0 N–H and O–H groups in total. The molecule has 0 amide bonds. The second kappa shape index (κ2) is 8.02. The summed E-state index contributed by atoms with van der Waals surface area (Å²) >= 11 is 1.86. The van der Waals surface area contributed by atoms with Crippen molar-refractivity contribution in [2.45, 2.75) is 13.1 Å². The second-order valence-corrected chi connectivity index (χ2v) is 9.73. The van der Waals surface area contributed by atoms with Crippen molar-refractivity contribution in [2.75, 3.05) is 7.05 Å². The Bertz CT molecular complexity index is 1540. The van der Waals surface area contributed by atoms with Gasteiger partial charge in [-0.05, 0) is 35.7 Å². The van der Waals surface area contributed by atoms with Crippen LogP contribution < -0.4 is 0 Å². The lowest BCUT2D eigenvalue weighted by Gasteiger charge is -2.28. The predicted octanol–water partition coefficient (Wildman–Crippen LogP) is 8.09. The molecule has 1 aliphatic rings. The molecule has 0 saturated heterocycles. The molecule has 1 aromatic heterocycles. The number of hydrogen-bond acceptors (Lipinski definition) is 3. The van der Waals surface area contributed by atoms with Crippen molar-refractivity contribution in [1.29, 1.82) is 0 Å². The lowest BCUT2D eigenvalue weighted by molar-refractivity contribution is 0.347. The molecule has 0 aliphatic carbocycles. The van der Waals surface area contributed by atoms with Gasteiger partial charge >= 0.3 is 0 Å². The number of hydrogen-bond donors (Lipinski definition) is 0. The fraction of sp³-hybridized carbons (Fsp3) is 0.100. The maximum absolute atomic E-state index is 5.01. The summed E-state index contributed by atoms with van der Waals surface area (Å²) in [5.41, 5.74) is 7.33. The number of fused-ring (bicyclic) bond motifs is 3. The maximum atomic E-state index is 5.01. The lowest BCUT2D eigenvalue weighted by atomic mass is 9.98. The summed E-state index contributed by atoms with van der Waals surface area (Å²) in [6, 6.07) is 32.6. The standard InChI is InChI=1S/C30H24N2S/c1-20-15-22(21-9-4-3-5-10-21)17-23(16-20)30-31-18-24(19-32(30)2)25-12-8-13-27-26-11-6-7-14-28(26)33-29(25)27/h3-19,30H,1-2H3. The van der Waals surface area contributed by atoms with E-state index in [2.05, 4.69) is 116 Å². The zero-order valence-corrected chi connectivity index (χ0v) is 19.5. The zero-order valence-electron chi connectivity index (χ0n) is 18.7. The van der Waals surface area contributed by atoms with Gasteiger partial charge < -0.3 is 4.90 Å². The van der Waals surface area contributed by atoms with Crippen LogP contribution in [0.5, 0.6) is 0 Å². The first-order chi connectivity index (χ1) is 16.2. The van der Waals surface area contributed by atoms with Crippen molar-refractivity contribution in [1.82, 2.24) is 4.90 Å². The van der Waals surface area contributed by atoms with Crippen LogP contribution in [0.2, 0.25) is 0 Å². The molecular weight excluding hydrogens is 420 g/mol. The molecule has 0 fully saturated rings. The quantitative estimate of drug-likeness (QED) is 0.274. The van der Waals surface area contributed by atoms with Crippen molar-refractivity contribution in [3.8, 4) is 11.1 Å². The Kier molecular flexibility index (Phi) is 4.85. The molecule has 2 heterocycles. The minimum atomic E-state index is -0.0299. The van der Waals surface area contributed by atoms with Crippen LogP contribution in [0.1, 0.15) is 22.9 Å². The summed E-state index contributed by atoms with van der Waals surface area (Å²) < 4.78 is 2.65. The molecule has 0 saturated carbocycles. The Morgan fingerprint density at radius 3 is 2.42 bits per heavy atom. The summed E-state index contributed by atoms with van der Waals surface area (Å²) in [5, 5.41) is 2.64. The molecule has 3 heteroatoms. The third-order valence-corrected chi connectivity index (χ3v) is 7.52. The van der Waals surface area contributed by atoms with Crippen molar-refractivity contribution in [3.63, 3.8) is 0 Å². The number of aryl methyl sites for hydroxylation is 1. The highest BCUT2D eigenvalue weighted by atomic mass is 32.1. The van der Waals surface area contributed by atoms with Gasteiger partial charge in [-0.3, -0.25) is 4.99 Å². The van der Waals surface area contributed by atoms with E-state index in [4.69, 9.17) is 4.99 Å². The van der Waals surface area contributed by atoms with E-state index in [0.717, 1.165) is 5.57 Å². The molecule has 1 aliphatic heterocycles. The summed E-state index contributed by atoms with van der Waals surface area (Å²) in [7, 11) is 2.12. The highest BCUT2D eigenvalue weighted by Gasteiger charge is 2.20. The first-order valence-electron chi connectivity index (χ1n) is 11.2. The predicted molar refractivity (Wildman–Crippen MR) is 143 cm³/mol. The summed E-state index contributed by atoms with van der Waals surface area (Å²) in [5.74, 6) is 0. The third kappa shape index (κ3) is 3.55. The van der Waals surface area contributed by atoms with Gasteiger partial charge in [-0.15, -0.1) is 11.3 Å². The Morgan fingerprint density at radius 2 is 1.58 bits per heavy atom. The van der Waals surface area contributed by atoms with Crippen LogP contribution in [0.4, 0.5) is 0 Å². The Balaban J connectivity index is 1.38. The average molecular weight is 445 g/mol. The average Bonchev–Trinajstić information content (AvgIpc) is 3.23. The summed E-state index contributed by atoms with van der Waals surface area (Å²) in [4.78, 5) is 7.24. The number of aliphatic imine (C=N–C) groups is 1. The molecule has 6 rings (SSSR count). The number of benzene rings is 4. The van der Waals surface area contributed by atoms with E-state index in [1.54, 1.807) is 0 Å². The molecule has 5 aromatic rings. The third-order valence-electron chi connectivity index (χ3n) is 6.30. The second-order valence-electron chi connectivity index (χ2n) is 8.68. The van der Waals surface area contributed by atoms with Gasteiger partial charge in [0.1, 0.15) is 6.17 Å². The number of thiophene rings is 1. The number of allylic oxidation sites excluding steroid dienone is 1. The van der Waals surface area contributed by atoms with Gasteiger partial charge in [-0.1, -0.05) is 84.4 Å². The van der Waals surface area contributed by atoms with E-state index in [1.165, 1.54) is 48.0 Å². The van der Waals surface area contributed by atoms with Crippen LogP contribution in [0.15, 0.2) is 102 Å². The Morgan fingerprint density at radius 1 is 0.788 bits per heavy atom. The highest BCUT2D eigenvalue weighted by Crippen LogP contribution is 2.39. The highest BCUT2D eigenvalue weighted by molar-refractivity contribution is 7.26. The van der Waals surface area contributed by atoms with Crippen LogP contribution in [-0.2, 0) is 0 Å². The molecule has 0 bridgehead atoms. The zero-order chi connectivity index (χ0) is 22.4. The number of rotatable bonds is 3. The van der Waals surface area contributed by atoms with Gasteiger partial charge in [0.25, 0.3) is 0 Å². The normalized spacial score (nSPS) is 15.9. The van der Waals surface area contributed by atoms with E-state index in [-0.39, 0.29) is 6.17 Å². The van der Waals surface area contributed by atoms with Crippen molar-refractivity contribution in [3.05, 3.63) is 114 Å². The van der Waals surface area contributed by atoms with E-state index >= 15 is 0 Å². The van der Waals surface area contributed by atoms with Crippen LogP contribution in [0.3, 0.4) is 0 Å². The fourth-order valence-corrected chi connectivity index (χ4v) is 6.01. The Labute approximate surface area is 198 Å². The van der Waals surface area contributed by atoms with Gasteiger partial charge in [0.15, 0.2) is 0 Å². The van der Waals surface area contributed by atoms with E-state index in [9.17, 15) is 0 Å². The smallest absolute Gasteiger partial charge is 0.146 e. The molecule has 0 radical (unpaired) electrons. The molecule has 2 nitrogen and oxygen atoms in total. The summed E-state index contributed by atoms with van der Waals surface area (Å²) in [6.07, 6.45) is 4.26. The first kappa shape index (κ1) is 20.0. The van der Waals surface area contributed by atoms with Crippen molar-refractivity contribution >= 4 is 43.3 Å². The van der Waals surface area contributed by atoms with E-state index in [1.807, 2.05) is 17.6 Å². The first-order valence-corrected chi connectivity index (χ1v) is 12.0. The molecule has 160 valence electrons. The fourth-order valence-electron chi connectivity index (χ4n) is 4.77. The van der Waals surface area contributed by atoms with E-state index in [0.29, 0.717) is 0 Å². The minimum Gasteiger partial charge on any atom is -0.355 e. The van der Waals surface area contributed by atoms with Gasteiger partial charge in [0.2, 0.25) is 0 Å². The Hall–Kier alpha value is -3.69. The van der Waals surface area contributed by atoms with Gasteiger partial charge in [0.05, 0.1) is 0 Å². The van der Waals surface area contributed by atoms with Crippen LogP contribution >= 0.6 is 11.3 Å². The van der Waals surface area contributed by atoms with Crippen LogP contribution in [0.25, 0.3) is 36.9 Å². The van der Waals surface area contributed by atoms with E-state index < -0.39 is 0 Å². The van der Waals surface area contributed by atoms with Gasteiger partial charge in [-0.2, -0.15) is 0 Å². The van der Waals surface area contributed by atoms with Gasteiger partial charge in [0, 0.05) is 50.8 Å². The molecule has 1 atom stereocenters. The lowest BCUT2D eigenvalue weighted by Crippen LogP contribution is -2.21. The van der Waals surface area contributed by atoms with Crippen molar-refractivity contribution < 1.29 is 0 Å². The largest absolute Gasteiger partial charge is 0.355 e. The topological polar surface area (TPSA) is 15.6 Å². The number of nitrogens with zero attached hydrogens (tertiary/aromatic N) is 2. The molecular formula is C30H24N2S. The maximum Gasteiger partial charge on any atom is 0.146 e. The van der Waals surface area contributed by atoms with Crippen molar-refractivity contribution in [2.24, 2.45) is 4.99 Å². The van der Waals surface area contributed by atoms with Crippen LogP contribution in [0, 0.1) is 6.92 Å². The minimum absolute atomic E-state index is 0.0299.